The largest absolute Gasteiger partial charge is 0.496 e. The number of imidazole rings is 1. The fourth-order valence-electron chi connectivity index (χ4n) is 3.12. The first-order valence-electron chi connectivity index (χ1n) is 9.90. The molecule has 1 aromatic carbocycles. The van der Waals surface area contributed by atoms with Crippen LogP contribution in [0.2, 0.25) is 0 Å². The van der Waals surface area contributed by atoms with Crippen LogP contribution in [0.4, 0.5) is 39.5 Å². The van der Waals surface area contributed by atoms with E-state index in [4.69, 9.17) is 4.74 Å². The molecule has 0 aliphatic rings. The van der Waals surface area contributed by atoms with E-state index in [1.807, 2.05) is 0 Å². The van der Waals surface area contributed by atoms with Gasteiger partial charge in [-0.3, -0.25) is 4.98 Å². The highest BCUT2D eigenvalue weighted by molar-refractivity contribution is 5.81. The van der Waals surface area contributed by atoms with Crippen LogP contribution in [0.5, 0.6) is 5.75 Å². The van der Waals surface area contributed by atoms with E-state index in [0.29, 0.717) is 24.4 Å². The van der Waals surface area contributed by atoms with Crippen LogP contribution in [0, 0.1) is 0 Å². The lowest BCUT2D eigenvalue weighted by Crippen LogP contribution is -2.11. The van der Waals surface area contributed by atoms with Crippen molar-refractivity contribution in [1.29, 1.82) is 0 Å². The molecule has 0 saturated carbocycles. The first kappa shape index (κ1) is 27.6. The number of nitrogens with one attached hydrogen (secondary N) is 1. The maximum absolute atomic E-state index is 13.7. The number of pyridine rings is 1. The fourth-order valence-corrected chi connectivity index (χ4v) is 3.12. The van der Waals surface area contributed by atoms with E-state index < -0.39 is 52.5 Å². The lowest BCUT2D eigenvalue weighted by Gasteiger charge is -2.11. The van der Waals surface area contributed by atoms with Gasteiger partial charge >= 0.3 is 18.5 Å². The van der Waals surface area contributed by atoms with Gasteiger partial charge in [-0.2, -0.15) is 39.5 Å². The van der Waals surface area contributed by atoms with Gasteiger partial charge in [-0.1, -0.05) is 0 Å². The zero-order valence-corrected chi connectivity index (χ0v) is 18.6. The number of fused-ring (bicyclic) bond motifs is 1. The van der Waals surface area contributed by atoms with Crippen molar-refractivity contribution >= 4 is 11.2 Å². The number of H-pyrrole nitrogens is 1. The van der Waals surface area contributed by atoms with Crippen molar-refractivity contribution in [2.24, 2.45) is 5.73 Å². The van der Waals surface area contributed by atoms with Gasteiger partial charge in [-0.05, 0) is 37.4 Å². The number of methoxy groups -OCH3 is 1. The molecule has 0 aliphatic carbocycles. The van der Waals surface area contributed by atoms with Crippen LogP contribution in [0.3, 0.4) is 0 Å². The molecule has 198 valence electrons. The summed E-state index contributed by atoms with van der Waals surface area (Å²) in [5, 5.41) is 0. The van der Waals surface area contributed by atoms with Crippen molar-refractivity contribution in [2.45, 2.75) is 18.5 Å². The molecule has 0 aliphatic heterocycles. The number of nitrogens with zero attached hydrogens (tertiary/aromatic N) is 4. The normalized spacial score (nSPS) is 12.3. The first-order chi connectivity index (χ1) is 17.2. The van der Waals surface area contributed by atoms with Crippen LogP contribution in [0.15, 0.2) is 36.5 Å². The molecule has 0 amide bonds. The summed E-state index contributed by atoms with van der Waals surface area (Å²) in [5.41, 5.74) is -0.859. The van der Waals surface area contributed by atoms with Crippen LogP contribution >= 0.6 is 0 Å². The van der Waals surface area contributed by atoms with E-state index in [1.54, 1.807) is 0 Å². The second-order valence-corrected chi connectivity index (χ2v) is 7.02. The van der Waals surface area contributed by atoms with E-state index in [2.05, 4.69) is 30.7 Å². The molecule has 16 heteroatoms. The number of aromatic amines is 1. The third-order valence-corrected chi connectivity index (χ3v) is 4.72. The average Bonchev–Trinajstić information content (AvgIpc) is 3.26. The van der Waals surface area contributed by atoms with Gasteiger partial charge in [0.2, 0.25) is 0 Å². The van der Waals surface area contributed by atoms with E-state index in [0.717, 1.165) is 19.2 Å². The topological polar surface area (TPSA) is 103 Å². The molecule has 4 rings (SSSR count). The van der Waals surface area contributed by atoms with Crippen LogP contribution in [0.25, 0.3) is 33.9 Å². The highest BCUT2D eigenvalue weighted by Gasteiger charge is 2.38. The molecular formula is C21H15F9N6O. The van der Waals surface area contributed by atoms with Gasteiger partial charge in [0.05, 0.1) is 18.2 Å². The lowest BCUT2D eigenvalue weighted by atomic mass is 10.1. The molecule has 0 atom stereocenters. The van der Waals surface area contributed by atoms with Crippen molar-refractivity contribution in [1.82, 2.24) is 24.9 Å². The molecule has 3 heterocycles. The number of rotatable bonds is 3. The molecule has 0 fully saturated rings. The third-order valence-electron chi connectivity index (χ3n) is 4.72. The minimum absolute atomic E-state index is 0.0932. The third kappa shape index (κ3) is 5.73. The van der Waals surface area contributed by atoms with E-state index in [-0.39, 0.29) is 22.7 Å². The maximum Gasteiger partial charge on any atom is 0.435 e. The highest BCUT2D eigenvalue weighted by atomic mass is 19.4. The quantitative estimate of drug-likeness (QED) is 0.324. The molecule has 0 saturated heterocycles. The zero-order chi connectivity index (χ0) is 27.8. The van der Waals surface area contributed by atoms with Crippen LogP contribution in [-0.4, -0.2) is 39.1 Å². The number of nitrogens with two attached hydrogens (primary N) is 1. The fraction of sp³-hybridized carbons (Fsp3) is 0.238. The van der Waals surface area contributed by atoms with Crippen LogP contribution in [-0.2, 0) is 18.5 Å². The second-order valence-electron chi connectivity index (χ2n) is 7.02. The van der Waals surface area contributed by atoms with Crippen LogP contribution < -0.4 is 10.5 Å². The van der Waals surface area contributed by atoms with E-state index >= 15 is 0 Å². The Kier molecular flexibility index (Phi) is 7.35. The van der Waals surface area contributed by atoms with Crippen molar-refractivity contribution < 1.29 is 44.3 Å². The van der Waals surface area contributed by atoms with Gasteiger partial charge in [0, 0.05) is 11.8 Å². The Morgan fingerprint density at radius 1 is 0.811 bits per heavy atom. The average molecular weight is 538 g/mol. The number of ether oxygens (including phenoxy) is 1. The number of aromatic nitrogens is 5. The molecule has 0 radical (unpaired) electrons. The van der Waals surface area contributed by atoms with Crippen molar-refractivity contribution in [3.8, 4) is 28.5 Å². The number of hydrogen-bond donors (Lipinski definition) is 2. The van der Waals surface area contributed by atoms with Gasteiger partial charge < -0.3 is 15.5 Å². The summed E-state index contributed by atoms with van der Waals surface area (Å²) in [6, 6.07) is 3.71. The first-order valence-corrected chi connectivity index (χ1v) is 9.90. The number of hydrogen-bond acceptors (Lipinski definition) is 6. The number of halogens is 9. The standard InChI is InChI=1S/C20H10F9N5O.CH5N/c1-35-11-6-9(18(21,22)23)3-4-10(11)16-31-13-14(20(27,28)29)32-15(33-17(13)34-16)8-2-5-12(30-7-8)19(24,25)26;1-2/h2-7H,1H3,(H,31,32,33,34);2H2,1H3. The summed E-state index contributed by atoms with van der Waals surface area (Å²) >= 11 is 0. The van der Waals surface area contributed by atoms with Crippen molar-refractivity contribution in [2.75, 3.05) is 14.2 Å². The van der Waals surface area contributed by atoms with E-state index in [1.165, 1.54) is 7.05 Å². The lowest BCUT2D eigenvalue weighted by molar-refractivity contribution is -0.141. The van der Waals surface area contributed by atoms with Crippen molar-refractivity contribution in [3.63, 3.8) is 0 Å². The predicted octanol–water partition coefficient (Wildman–Crippen LogP) is 5.72. The summed E-state index contributed by atoms with van der Waals surface area (Å²) in [6.45, 7) is 0. The molecule has 0 unspecified atom stereocenters. The Bertz CT molecular complexity index is 1390. The Hall–Kier alpha value is -3.95. The Labute approximate surface area is 201 Å². The smallest absolute Gasteiger partial charge is 0.435 e. The van der Waals surface area contributed by atoms with Crippen LogP contribution in [0.1, 0.15) is 17.0 Å². The molecule has 3 aromatic heterocycles. The minimum atomic E-state index is -5.04. The molecule has 0 spiro atoms. The molecular weight excluding hydrogens is 523 g/mol. The Morgan fingerprint density at radius 3 is 2.00 bits per heavy atom. The van der Waals surface area contributed by atoms with Gasteiger partial charge in [0.1, 0.15) is 22.8 Å². The molecule has 4 aromatic rings. The van der Waals surface area contributed by atoms with Gasteiger partial charge in [0.15, 0.2) is 17.2 Å². The zero-order valence-electron chi connectivity index (χ0n) is 18.6. The second kappa shape index (κ2) is 9.84. The summed E-state index contributed by atoms with van der Waals surface area (Å²) in [6.07, 6.45) is -13.8. The predicted molar refractivity (Wildman–Crippen MR) is 112 cm³/mol. The van der Waals surface area contributed by atoms with E-state index in [9.17, 15) is 39.5 Å². The molecule has 7 nitrogen and oxygen atoms in total. The maximum atomic E-state index is 13.7. The highest BCUT2D eigenvalue weighted by Crippen LogP contribution is 2.39. The number of benzene rings is 1. The molecule has 3 N–H and O–H groups in total. The Morgan fingerprint density at radius 2 is 1.49 bits per heavy atom. The van der Waals surface area contributed by atoms with Gasteiger partial charge in [-0.25, -0.2) is 15.0 Å². The summed E-state index contributed by atoms with van der Waals surface area (Å²) in [7, 11) is 2.57. The monoisotopic (exact) mass is 538 g/mol. The number of alkyl halides is 9. The van der Waals surface area contributed by atoms with Gasteiger partial charge in [0.25, 0.3) is 0 Å². The molecule has 37 heavy (non-hydrogen) atoms. The summed E-state index contributed by atoms with van der Waals surface area (Å²) in [5.74, 6) is -1.23. The minimum Gasteiger partial charge on any atom is -0.496 e. The molecule has 0 bridgehead atoms. The Balaban J connectivity index is 0.00000186. The summed E-state index contributed by atoms with van der Waals surface area (Å²) < 4.78 is 123. The van der Waals surface area contributed by atoms with Crippen molar-refractivity contribution in [3.05, 3.63) is 53.5 Å². The SMILES string of the molecule is CN.COc1cc(C(F)(F)F)ccc1-c1nc2nc(-c3ccc(C(F)(F)F)nc3)nc(C(F)(F)F)c2[nH]1. The summed E-state index contributed by atoms with van der Waals surface area (Å²) in [4.78, 5) is 16.8. The van der Waals surface area contributed by atoms with Gasteiger partial charge in [-0.15, -0.1) is 0 Å².